The van der Waals surface area contributed by atoms with Gasteiger partial charge >= 0.3 is 0 Å². The highest BCUT2D eigenvalue weighted by atomic mass is 16.5. The van der Waals surface area contributed by atoms with E-state index in [1.165, 1.54) is 4.90 Å². The summed E-state index contributed by atoms with van der Waals surface area (Å²) < 4.78 is 12.2. The standard InChI is InChI=1S/C31H39N3O6/c1-4-6-18-32-28(37)26-31-17-16-30(3,40-31)24(27(36)33-21-12-14-22(15-13-21)39-5-2)25(31)29(38)34(26)23(19-35)20-10-8-7-9-11-20/h7-15,23-26,35H,4-6,16-19H2,1-3H3,(H,32,37)(H,33,36)/t23-,24-,25+,26?,30+,31?/m1/s1. The first-order chi connectivity index (χ1) is 19.3. The fraction of sp³-hybridized carbons (Fsp3) is 0.516. The molecule has 3 N–H and O–H groups in total. The van der Waals surface area contributed by atoms with Crippen molar-refractivity contribution in [2.75, 3.05) is 25.1 Å². The molecule has 3 fully saturated rings. The normalized spacial score (nSPS) is 29.2. The van der Waals surface area contributed by atoms with Crippen molar-refractivity contribution in [1.82, 2.24) is 10.2 Å². The Bertz CT molecular complexity index is 1240. The molecule has 0 saturated carbocycles. The van der Waals surface area contributed by atoms with Crippen molar-refractivity contribution < 1.29 is 29.0 Å². The van der Waals surface area contributed by atoms with Crippen LogP contribution in [0.1, 0.15) is 58.1 Å². The quantitative estimate of drug-likeness (QED) is 0.370. The minimum Gasteiger partial charge on any atom is -0.494 e. The molecule has 1 spiro atoms. The molecule has 3 amide bonds. The van der Waals surface area contributed by atoms with E-state index in [1.807, 2.05) is 51.1 Å². The van der Waals surface area contributed by atoms with E-state index in [1.54, 1.807) is 24.3 Å². The second kappa shape index (κ2) is 11.2. The smallest absolute Gasteiger partial charge is 0.245 e. The number of rotatable bonds is 11. The third kappa shape index (κ3) is 4.65. The molecule has 5 rings (SSSR count). The van der Waals surface area contributed by atoms with Crippen LogP contribution in [0.25, 0.3) is 0 Å². The van der Waals surface area contributed by atoms with E-state index in [0.29, 0.717) is 37.4 Å². The molecule has 0 radical (unpaired) electrons. The van der Waals surface area contributed by atoms with Gasteiger partial charge in [-0.15, -0.1) is 0 Å². The van der Waals surface area contributed by atoms with Crippen LogP contribution in [0.2, 0.25) is 0 Å². The van der Waals surface area contributed by atoms with Gasteiger partial charge in [-0.05, 0) is 62.9 Å². The van der Waals surface area contributed by atoms with E-state index in [4.69, 9.17) is 9.47 Å². The molecule has 214 valence electrons. The first-order valence-electron chi connectivity index (χ1n) is 14.3. The summed E-state index contributed by atoms with van der Waals surface area (Å²) in [6.45, 7) is 6.46. The summed E-state index contributed by atoms with van der Waals surface area (Å²) in [7, 11) is 0. The van der Waals surface area contributed by atoms with Crippen LogP contribution in [0.5, 0.6) is 5.75 Å². The number of unbranched alkanes of at least 4 members (excludes halogenated alkanes) is 1. The van der Waals surface area contributed by atoms with Crippen molar-refractivity contribution in [3.63, 3.8) is 0 Å². The maximum absolute atomic E-state index is 14.4. The first-order valence-corrected chi connectivity index (χ1v) is 14.3. The van der Waals surface area contributed by atoms with Gasteiger partial charge in [-0.3, -0.25) is 14.4 Å². The monoisotopic (exact) mass is 549 g/mol. The zero-order chi connectivity index (χ0) is 28.5. The number of benzene rings is 2. The first kappa shape index (κ1) is 28.1. The molecule has 6 atom stereocenters. The Morgan fingerprint density at radius 2 is 1.82 bits per heavy atom. The zero-order valence-corrected chi connectivity index (χ0v) is 23.4. The Hall–Kier alpha value is -3.43. The molecule has 0 aliphatic carbocycles. The second-order valence-corrected chi connectivity index (χ2v) is 11.2. The van der Waals surface area contributed by atoms with Crippen LogP contribution in [0, 0.1) is 11.8 Å². The largest absolute Gasteiger partial charge is 0.494 e. The van der Waals surface area contributed by atoms with Gasteiger partial charge in [0.15, 0.2) is 0 Å². The van der Waals surface area contributed by atoms with Gasteiger partial charge in [0.25, 0.3) is 0 Å². The van der Waals surface area contributed by atoms with Crippen molar-refractivity contribution in [1.29, 1.82) is 0 Å². The van der Waals surface area contributed by atoms with Gasteiger partial charge in [0.2, 0.25) is 17.7 Å². The van der Waals surface area contributed by atoms with Gasteiger partial charge in [0.05, 0.1) is 36.7 Å². The van der Waals surface area contributed by atoms with Crippen LogP contribution in [-0.4, -0.2) is 64.7 Å². The third-order valence-corrected chi connectivity index (χ3v) is 8.70. The summed E-state index contributed by atoms with van der Waals surface area (Å²) in [6.07, 6.45) is 2.73. The number of anilines is 1. The Balaban J connectivity index is 1.51. The summed E-state index contributed by atoms with van der Waals surface area (Å²) in [5.74, 6) is -1.92. The molecule has 2 aromatic carbocycles. The molecule has 0 aromatic heterocycles. The number of aliphatic hydroxyl groups is 1. The number of likely N-dealkylation sites (tertiary alicyclic amines) is 1. The molecule has 40 heavy (non-hydrogen) atoms. The van der Waals surface area contributed by atoms with Crippen molar-refractivity contribution in [2.24, 2.45) is 11.8 Å². The maximum Gasteiger partial charge on any atom is 0.245 e. The molecule has 3 aliphatic rings. The van der Waals surface area contributed by atoms with E-state index in [9.17, 15) is 19.5 Å². The van der Waals surface area contributed by atoms with Crippen molar-refractivity contribution >= 4 is 23.4 Å². The van der Waals surface area contributed by atoms with Crippen LogP contribution in [-0.2, 0) is 19.1 Å². The van der Waals surface area contributed by atoms with Crippen LogP contribution in [0.15, 0.2) is 54.6 Å². The second-order valence-electron chi connectivity index (χ2n) is 11.2. The zero-order valence-electron chi connectivity index (χ0n) is 23.4. The molecule has 3 saturated heterocycles. The van der Waals surface area contributed by atoms with Crippen LogP contribution >= 0.6 is 0 Å². The number of hydrogen-bond donors (Lipinski definition) is 3. The summed E-state index contributed by atoms with van der Waals surface area (Å²) >= 11 is 0. The lowest BCUT2D eigenvalue weighted by Gasteiger charge is -2.37. The van der Waals surface area contributed by atoms with Crippen molar-refractivity contribution in [3.8, 4) is 5.75 Å². The summed E-state index contributed by atoms with van der Waals surface area (Å²) in [5.41, 5.74) is -0.754. The van der Waals surface area contributed by atoms with Crippen molar-refractivity contribution in [2.45, 2.75) is 69.7 Å². The van der Waals surface area contributed by atoms with Gasteiger partial charge in [-0.1, -0.05) is 43.7 Å². The number of carbonyl (C=O) groups excluding carboxylic acids is 3. The van der Waals surface area contributed by atoms with E-state index in [-0.39, 0.29) is 24.3 Å². The number of nitrogens with one attached hydrogen (secondary N) is 2. The Kier molecular flexibility index (Phi) is 7.88. The number of ether oxygens (including phenoxy) is 2. The fourth-order valence-corrected chi connectivity index (χ4v) is 6.94. The number of aliphatic hydroxyl groups excluding tert-OH is 1. The molecule has 9 nitrogen and oxygen atoms in total. The molecule has 3 heterocycles. The fourth-order valence-electron chi connectivity index (χ4n) is 6.94. The van der Waals surface area contributed by atoms with Crippen LogP contribution in [0.3, 0.4) is 0 Å². The lowest BCUT2D eigenvalue weighted by Crippen LogP contribution is -2.56. The maximum atomic E-state index is 14.4. The number of fused-ring (bicyclic) bond motifs is 1. The predicted octanol–water partition coefficient (Wildman–Crippen LogP) is 3.44. The minimum atomic E-state index is -1.16. The third-order valence-electron chi connectivity index (χ3n) is 8.70. The molecule has 9 heteroatoms. The van der Waals surface area contributed by atoms with E-state index in [2.05, 4.69) is 10.6 Å². The molecule has 2 unspecified atom stereocenters. The molecular formula is C31H39N3O6. The van der Waals surface area contributed by atoms with Gasteiger partial charge in [-0.25, -0.2) is 0 Å². The highest BCUT2D eigenvalue weighted by molar-refractivity contribution is 6.02. The molecular weight excluding hydrogens is 510 g/mol. The van der Waals surface area contributed by atoms with Crippen LogP contribution in [0.4, 0.5) is 5.69 Å². The van der Waals surface area contributed by atoms with Crippen molar-refractivity contribution in [3.05, 3.63) is 60.2 Å². The Morgan fingerprint density at radius 1 is 1.10 bits per heavy atom. The number of carbonyl (C=O) groups is 3. The number of amides is 3. The SMILES string of the molecule is CCCCNC(=O)C1N([C@H](CO)c2ccccc2)C(=O)[C@@H]2[C@H](C(=O)Nc3ccc(OCC)cc3)[C@]3(C)CCC12O3. The lowest BCUT2D eigenvalue weighted by atomic mass is 9.66. The van der Waals surface area contributed by atoms with Gasteiger partial charge in [0.1, 0.15) is 17.4 Å². The molecule has 3 aliphatic heterocycles. The van der Waals surface area contributed by atoms with E-state index in [0.717, 1.165) is 18.4 Å². The number of nitrogens with zero attached hydrogens (tertiary/aromatic N) is 1. The molecule has 2 bridgehead atoms. The number of hydrogen-bond acceptors (Lipinski definition) is 6. The topological polar surface area (TPSA) is 117 Å². The predicted molar refractivity (Wildman–Crippen MR) is 149 cm³/mol. The van der Waals surface area contributed by atoms with Crippen LogP contribution < -0.4 is 15.4 Å². The van der Waals surface area contributed by atoms with E-state index >= 15 is 0 Å². The molecule has 2 aromatic rings. The lowest BCUT2D eigenvalue weighted by molar-refractivity contribution is -0.149. The summed E-state index contributed by atoms with van der Waals surface area (Å²) in [4.78, 5) is 43.6. The van der Waals surface area contributed by atoms with Gasteiger partial charge in [-0.2, -0.15) is 0 Å². The Morgan fingerprint density at radius 3 is 2.48 bits per heavy atom. The van der Waals surface area contributed by atoms with E-state index < -0.39 is 35.1 Å². The van der Waals surface area contributed by atoms with Gasteiger partial charge < -0.3 is 30.1 Å². The average molecular weight is 550 g/mol. The summed E-state index contributed by atoms with van der Waals surface area (Å²) in [5, 5.41) is 16.5. The Labute approximate surface area is 235 Å². The average Bonchev–Trinajstić information content (AvgIpc) is 3.52. The minimum absolute atomic E-state index is 0.310. The highest BCUT2D eigenvalue weighted by Gasteiger charge is 2.78. The highest BCUT2D eigenvalue weighted by Crippen LogP contribution is 2.64. The summed E-state index contributed by atoms with van der Waals surface area (Å²) in [6, 6.07) is 14.6. The van der Waals surface area contributed by atoms with Gasteiger partial charge in [0, 0.05) is 12.2 Å².